The zero-order chi connectivity index (χ0) is 7.07. The summed E-state index contributed by atoms with van der Waals surface area (Å²) in [6.07, 6.45) is 7.19. The predicted molar refractivity (Wildman–Crippen MR) is 38.2 cm³/mol. The Balaban J connectivity index is 2.23. The summed E-state index contributed by atoms with van der Waals surface area (Å²) in [5, 5.41) is 2.89. The van der Waals surface area contributed by atoms with Crippen molar-refractivity contribution in [2.24, 2.45) is 0 Å². The van der Waals surface area contributed by atoms with Gasteiger partial charge in [-0.25, -0.2) is 0 Å². The van der Waals surface area contributed by atoms with Gasteiger partial charge in [-0.05, 0) is 6.08 Å². The number of hydrogen-bond donors (Lipinski definition) is 1. The fourth-order valence-electron chi connectivity index (χ4n) is 0.577. The van der Waals surface area contributed by atoms with E-state index in [4.69, 9.17) is 9.47 Å². The van der Waals surface area contributed by atoms with E-state index in [0.29, 0.717) is 19.9 Å². The van der Waals surface area contributed by atoms with Crippen molar-refractivity contribution in [1.82, 2.24) is 5.32 Å². The Morgan fingerprint density at radius 1 is 1.20 bits per heavy atom. The number of rotatable bonds is 0. The lowest BCUT2D eigenvalue weighted by Gasteiger charge is -2.02. The fraction of sp³-hybridized carbons (Fsp3) is 0.429. The molecule has 0 atom stereocenters. The van der Waals surface area contributed by atoms with Crippen LogP contribution in [-0.2, 0) is 9.47 Å². The summed E-state index contributed by atoms with van der Waals surface area (Å²) in [5.41, 5.74) is 0. The average Bonchev–Trinajstić information content (AvgIpc) is 2.01. The standard InChI is InChI=1S/C7H11NO2/c1-2-5-10-7-8-3-6-9-4-1/h1-3,6,8H,4-5,7H2/b2-1?,6-3-. The van der Waals surface area contributed by atoms with Gasteiger partial charge in [-0.1, -0.05) is 6.08 Å². The maximum absolute atomic E-state index is 5.11. The molecule has 0 aliphatic carbocycles. The van der Waals surface area contributed by atoms with Gasteiger partial charge in [-0.15, -0.1) is 0 Å². The van der Waals surface area contributed by atoms with Gasteiger partial charge >= 0.3 is 0 Å². The summed E-state index contributed by atoms with van der Waals surface area (Å²) >= 11 is 0. The van der Waals surface area contributed by atoms with Crippen LogP contribution in [0.4, 0.5) is 0 Å². The van der Waals surface area contributed by atoms with Crippen LogP contribution in [0.2, 0.25) is 0 Å². The van der Waals surface area contributed by atoms with Gasteiger partial charge in [0.05, 0.1) is 12.9 Å². The van der Waals surface area contributed by atoms with Crippen LogP contribution in [0.5, 0.6) is 0 Å². The van der Waals surface area contributed by atoms with E-state index in [1.165, 1.54) is 0 Å². The monoisotopic (exact) mass is 141 g/mol. The highest BCUT2D eigenvalue weighted by atomic mass is 16.5. The smallest absolute Gasteiger partial charge is 0.116 e. The molecule has 0 saturated carbocycles. The number of nitrogens with one attached hydrogen (secondary N) is 1. The first-order valence-corrected chi connectivity index (χ1v) is 3.23. The highest BCUT2D eigenvalue weighted by Gasteiger charge is 1.82. The third kappa shape index (κ3) is 3.14. The Kier molecular flexibility index (Phi) is 3.49. The second-order valence-electron chi connectivity index (χ2n) is 1.83. The SMILES string of the molecule is C1=CCOCN/C=C\OC1. The molecule has 0 saturated heterocycles. The van der Waals surface area contributed by atoms with Gasteiger partial charge in [0.1, 0.15) is 13.3 Å². The van der Waals surface area contributed by atoms with E-state index in [9.17, 15) is 0 Å². The first kappa shape index (κ1) is 7.15. The van der Waals surface area contributed by atoms with E-state index in [2.05, 4.69) is 5.32 Å². The molecule has 3 nitrogen and oxygen atoms in total. The summed E-state index contributed by atoms with van der Waals surface area (Å²) in [7, 11) is 0. The van der Waals surface area contributed by atoms with Gasteiger partial charge in [0.2, 0.25) is 0 Å². The summed E-state index contributed by atoms with van der Waals surface area (Å²) < 4.78 is 10.1. The molecule has 0 unspecified atom stereocenters. The summed E-state index contributed by atoms with van der Waals surface area (Å²) in [6, 6.07) is 0. The molecule has 0 aromatic carbocycles. The quantitative estimate of drug-likeness (QED) is 0.501. The van der Waals surface area contributed by atoms with Gasteiger partial charge < -0.3 is 14.8 Å². The van der Waals surface area contributed by atoms with Gasteiger partial charge in [-0.3, -0.25) is 0 Å². The van der Waals surface area contributed by atoms with Crippen molar-refractivity contribution < 1.29 is 9.47 Å². The minimum absolute atomic E-state index is 0.532. The molecule has 0 aromatic rings. The second-order valence-corrected chi connectivity index (χ2v) is 1.83. The molecule has 0 spiro atoms. The van der Waals surface area contributed by atoms with Crippen LogP contribution in [0.15, 0.2) is 24.6 Å². The first-order valence-electron chi connectivity index (χ1n) is 3.23. The van der Waals surface area contributed by atoms with Crippen LogP contribution in [0.3, 0.4) is 0 Å². The van der Waals surface area contributed by atoms with Crippen LogP contribution in [0, 0.1) is 0 Å². The molecule has 1 N–H and O–H groups in total. The van der Waals surface area contributed by atoms with Gasteiger partial charge in [-0.2, -0.15) is 0 Å². The van der Waals surface area contributed by atoms with Gasteiger partial charge in [0, 0.05) is 6.20 Å². The number of ether oxygens (including phenoxy) is 2. The van der Waals surface area contributed by atoms with Crippen LogP contribution in [0.1, 0.15) is 0 Å². The van der Waals surface area contributed by atoms with E-state index in [1.54, 1.807) is 12.5 Å². The van der Waals surface area contributed by atoms with E-state index in [1.807, 2.05) is 12.2 Å². The van der Waals surface area contributed by atoms with Crippen molar-refractivity contribution in [2.75, 3.05) is 19.9 Å². The average molecular weight is 141 g/mol. The molecule has 1 aliphatic heterocycles. The van der Waals surface area contributed by atoms with E-state index >= 15 is 0 Å². The molecule has 0 bridgehead atoms. The highest BCUT2D eigenvalue weighted by molar-refractivity contribution is 4.83. The molecule has 0 fully saturated rings. The lowest BCUT2D eigenvalue weighted by atomic mass is 10.5. The van der Waals surface area contributed by atoms with Crippen molar-refractivity contribution in [3.8, 4) is 0 Å². The van der Waals surface area contributed by atoms with Crippen molar-refractivity contribution >= 4 is 0 Å². The summed E-state index contributed by atoms with van der Waals surface area (Å²) in [4.78, 5) is 0. The Labute approximate surface area is 60.3 Å². The van der Waals surface area contributed by atoms with Crippen molar-refractivity contribution in [1.29, 1.82) is 0 Å². The minimum atomic E-state index is 0.532. The second kappa shape index (κ2) is 4.88. The molecule has 1 aliphatic rings. The zero-order valence-corrected chi connectivity index (χ0v) is 5.75. The predicted octanol–water partition coefficient (Wildman–Crippen LogP) is 0.608. The van der Waals surface area contributed by atoms with E-state index < -0.39 is 0 Å². The van der Waals surface area contributed by atoms with E-state index in [-0.39, 0.29) is 0 Å². The largest absolute Gasteiger partial charge is 0.496 e. The summed E-state index contributed by atoms with van der Waals surface area (Å²) in [5.74, 6) is 0. The van der Waals surface area contributed by atoms with Crippen LogP contribution in [-0.4, -0.2) is 19.9 Å². The molecular formula is C7H11NO2. The molecule has 3 heteroatoms. The lowest BCUT2D eigenvalue weighted by Crippen LogP contribution is -2.11. The molecule has 1 rings (SSSR count). The van der Waals surface area contributed by atoms with Crippen LogP contribution < -0.4 is 5.32 Å². The molecule has 0 amide bonds. The third-order valence-corrected chi connectivity index (χ3v) is 1.04. The molecule has 10 heavy (non-hydrogen) atoms. The van der Waals surface area contributed by atoms with Crippen LogP contribution >= 0.6 is 0 Å². The maximum Gasteiger partial charge on any atom is 0.116 e. The normalized spacial score (nSPS) is 22.4. The number of hydrogen-bond acceptors (Lipinski definition) is 3. The van der Waals surface area contributed by atoms with Crippen molar-refractivity contribution in [2.45, 2.75) is 0 Å². The highest BCUT2D eigenvalue weighted by Crippen LogP contribution is 1.83. The van der Waals surface area contributed by atoms with Crippen LogP contribution in [0.25, 0.3) is 0 Å². The Morgan fingerprint density at radius 2 is 2.10 bits per heavy atom. The zero-order valence-electron chi connectivity index (χ0n) is 5.75. The topological polar surface area (TPSA) is 30.5 Å². The minimum Gasteiger partial charge on any atom is -0.496 e. The lowest BCUT2D eigenvalue weighted by molar-refractivity contribution is 0.149. The molecular weight excluding hydrogens is 130 g/mol. The first-order chi connectivity index (χ1) is 5.00. The van der Waals surface area contributed by atoms with Crippen molar-refractivity contribution in [3.63, 3.8) is 0 Å². The molecule has 56 valence electrons. The Morgan fingerprint density at radius 3 is 3.10 bits per heavy atom. The Hall–Kier alpha value is -0.960. The van der Waals surface area contributed by atoms with Crippen molar-refractivity contribution in [3.05, 3.63) is 24.6 Å². The third-order valence-electron chi connectivity index (χ3n) is 1.04. The van der Waals surface area contributed by atoms with Gasteiger partial charge in [0.15, 0.2) is 0 Å². The van der Waals surface area contributed by atoms with E-state index in [0.717, 1.165) is 0 Å². The molecule has 1 heterocycles. The molecule has 0 radical (unpaired) electrons. The summed E-state index contributed by atoms with van der Waals surface area (Å²) in [6.45, 7) is 1.79. The fourth-order valence-corrected chi connectivity index (χ4v) is 0.577. The maximum atomic E-state index is 5.11. The Bertz CT molecular complexity index is 116. The molecule has 0 aromatic heterocycles. The van der Waals surface area contributed by atoms with Gasteiger partial charge in [0.25, 0.3) is 0 Å².